The van der Waals surface area contributed by atoms with Gasteiger partial charge >= 0.3 is 0 Å². The van der Waals surface area contributed by atoms with Gasteiger partial charge in [0.15, 0.2) is 11.5 Å². The van der Waals surface area contributed by atoms with Gasteiger partial charge in [0, 0.05) is 11.6 Å². The van der Waals surface area contributed by atoms with Gasteiger partial charge in [0.1, 0.15) is 6.10 Å². The van der Waals surface area contributed by atoms with E-state index in [1.165, 1.54) is 0 Å². The van der Waals surface area contributed by atoms with E-state index in [4.69, 9.17) is 4.74 Å². The lowest BCUT2D eigenvalue weighted by molar-refractivity contribution is -0.207. The van der Waals surface area contributed by atoms with Crippen molar-refractivity contribution in [2.75, 3.05) is 13.1 Å². The van der Waals surface area contributed by atoms with Crippen LogP contribution in [0.4, 0.5) is 0 Å². The molecule has 0 radical (unpaired) electrons. The molecule has 0 amide bonds. The minimum absolute atomic E-state index is 0.0628. The number of ether oxygens (including phenoxy) is 1. The quantitative estimate of drug-likeness (QED) is 0.762. The van der Waals surface area contributed by atoms with E-state index in [1.54, 1.807) is 6.07 Å². The number of nitrogens with zero attached hydrogens (tertiary/aromatic N) is 1. The molecule has 1 aromatic rings. The minimum Gasteiger partial charge on any atom is -0.504 e. The Morgan fingerprint density at radius 1 is 1.33 bits per heavy atom. The molecule has 5 rings (SSSR count). The zero-order valence-corrected chi connectivity index (χ0v) is 14.0. The lowest BCUT2D eigenvalue weighted by Gasteiger charge is -2.63. The summed E-state index contributed by atoms with van der Waals surface area (Å²) in [7, 11) is 0. The number of aliphatic hydroxyl groups is 2. The van der Waals surface area contributed by atoms with Gasteiger partial charge in [0.25, 0.3) is 0 Å². The van der Waals surface area contributed by atoms with Gasteiger partial charge in [-0.1, -0.05) is 13.0 Å². The molecule has 5 nitrogen and oxygen atoms in total. The first-order chi connectivity index (χ1) is 11.5. The third kappa shape index (κ3) is 1.48. The van der Waals surface area contributed by atoms with Gasteiger partial charge in [-0.3, -0.25) is 4.90 Å². The second kappa shape index (κ2) is 4.65. The largest absolute Gasteiger partial charge is 0.504 e. The highest BCUT2D eigenvalue weighted by atomic mass is 16.5. The van der Waals surface area contributed by atoms with Gasteiger partial charge in [-0.05, 0) is 56.8 Å². The first-order valence-corrected chi connectivity index (χ1v) is 9.19. The van der Waals surface area contributed by atoms with E-state index in [9.17, 15) is 15.3 Å². The van der Waals surface area contributed by atoms with Crippen LogP contribution in [0.25, 0.3) is 0 Å². The summed E-state index contributed by atoms with van der Waals surface area (Å²) < 4.78 is 6.10. The highest BCUT2D eigenvalue weighted by Gasteiger charge is 2.72. The standard InChI is InChI=1S/C19H25NO4/c1-2-8-20-9-7-18-15-11-3-4-12(21)16(15)24-17(18)13(22)5-6-19(18,23)14(20)10-11/h3-4,13-14,17,21-23H,2,5-10H2,1H3. The van der Waals surface area contributed by atoms with E-state index < -0.39 is 23.2 Å². The molecular formula is C19H25NO4. The maximum Gasteiger partial charge on any atom is 0.165 e. The molecule has 130 valence electrons. The molecular weight excluding hydrogens is 306 g/mol. The molecule has 1 aromatic carbocycles. The van der Waals surface area contributed by atoms with E-state index in [0.717, 1.165) is 43.5 Å². The molecule has 2 aliphatic heterocycles. The van der Waals surface area contributed by atoms with Crippen molar-refractivity contribution in [3.05, 3.63) is 23.3 Å². The number of rotatable bonds is 2. The highest BCUT2D eigenvalue weighted by Crippen LogP contribution is 2.65. The lowest BCUT2D eigenvalue weighted by Crippen LogP contribution is -2.77. The van der Waals surface area contributed by atoms with Crippen LogP contribution in [0.5, 0.6) is 11.5 Å². The zero-order chi connectivity index (χ0) is 16.7. The predicted molar refractivity (Wildman–Crippen MR) is 88.4 cm³/mol. The van der Waals surface area contributed by atoms with Gasteiger partial charge < -0.3 is 20.1 Å². The highest BCUT2D eigenvalue weighted by molar-refractivity contribution is 5.62. The SMILES string of the molecule is CCCN1CCC23c4c5ccc(O)c4OC2C(O)CCC3(O)C1C5. The van der Waals surface area contributed by atoms with Crippen LogP contribution in [0.15, 0.2) is 12.1 Å². The molecule has 5 heteroatoms. The zero-order valence-electron chi connectivity index (χ0n) is 14.0. The lowest BCUT2D eigenvalue weighted by atomic mass is 9.48. The smallest absolute Gasteiger partial charge is 0.165 e. The second-order valence-corrected chi connectivity index (χ2v) is 7.99. The first kappa shape index (κ1) is 15.0. The van der Waals surface area contributed by atoms with Gasteiger partial charge in [0.2, 0.25) is 0 Å². The van der Waals surface area contributed by atoms with Gasteiger partial charge in [0.05, 0.1) is 17.1 Å². The fourth-order valence-electron chi connectivity index (χ4n) is 6.16. The number of piperidine rings is 1. The van der Waals surface area contributed by atoms with Crippen LogP contribution in [-0.2, 0) is 11.8 Å². The molecule has 2 heterocycles. The first-order valence-electron chi connectivity index (χ1n) is 9.19. The van der Waals surface area contributed by atoms with Crippen molar-refractivity contribution in [1.82, 2.24) is 4.90 Å². The summed E-state index contributed by atoms with van der Waals surface area (Å²) in [6.45, 7) is 4.06. The summed E-state index contributed by atoms with van der Waals surface area (Å²) in [4.78, 5) is 2.42. The number of likely N-dealkylation sites (tertiary alicyclic amines) is 1. The molecule has 3 N–H and O–H groups in total. The topological polar surface area (TPSA) is 73.2 Å². The molecule has 1 saturated heterocycles. The van der Waals surface area contributed by atoms with E-state index in [1.807, 2.05) is 6.07 Å². The van der Waals surface area contributed by atoms with E-state index >= 15 is 0 Å². The van der Waals surface area contributed by atoms with E-state index in [0.29, 0.717) is 18.6 Å². The normalized spacial score (nSPS) is 42.5. The monoisotopic (exact) mass is 331 g/mol. The van der Waals surface area contributed by atoms with Crippen molar-refractivity contribution in [1.29, 1.82) is 0 Å². The Balaban J connectivity index is 1.77. The Morgan fingerprint density at radius 3 is 2.96 bits per heavy atom. The fourth-order valence-corrected chi connectivity index (χ4v) is 6.16. The Labute approximate surface area is 141 Å². The molecule has 2 bridgehead atoms. The van der Waals surface area contributed by atoms with Crippen molar-refractivity contribution in [3.63, 3.8) is 0 Å². The van der Waals surface area contributed by atoms with Crippen molar-refractivity contribution in [2.24, 2.45) is 0 Å². The molecule has 2 aliphatic carbocycles. The molecule has 5 atom stereocenters. The minimum atomic E-state index is -0.893. The van der Waals surface area contributed by atoms with Crippen molar-refractivity contribution < 1.29 is 20.1 Å². The predicted octanol–water partition coefficient (Wildman–Crippen LogP) is 1.32. The van der Waals surface area contributed by atoms with Crippen molar-refractivity contribution in [2.45, 2.75) is 68.3 Å². The summed E-state index contributed by atoms with van der Waals surface area (Å²) in [5.74, 6) is 0.626. The summed E-state index contributed by atoms with van der Waals surface area (Å²) in [6, 6.07) is 3.73. The number of phenolic OH excluding ortho intramolecular Hbond substituents is 1. The summed E-state index contributed by atoms with van der Waals surface area (Å²) in [6.07, 6.45) is 2.71. The molecule has 4 aliphatic rings. The average molecular weight is 331 g/mol. The van der Waals surface area contributed by atoms with Crippen LogP contribution >= 0.6 is 0 Å². The molecule has 2 fully saturated rings. The van der Waals surface area contributed by atoms with Gasteiger partial charge in [-0.2, -0.15) is 0 Å². The number of hydrogen-bond donors (Lipinski definition) is 3. The van der Waals surface area contributed by atoms with Crippen LogP contribution in [0, 0.1) is 0 Å². The maximum atomic E-state index is 11.9. The molecule has 1 spiro atoms. The summed E-state index contributed by atoms with van der Waals surface area (Å²) in [5, 5.41) is 32.9. The van der Waals surface area contributed by atoms with E-state index in [2.05, 4.69) is 11.8 Å². The Kier molecular flexibility index (Phi) is 2.91. The molecule has 24 heavy (non-hydrogen) atoms. The van der Waals surface area contributed by atoms with E-state index in [-0.39, 0.29) is 11.8 Å². The number of aromatic hydroxyl groups is 1. The average Bonchev–Trinajstić information content (AvgIpc) is 2.91. The van der Waals surface area contributed by atoms with Crippen LogP contribution in [0.1, 0.15) is 43.7 Å². The number of phenols is 1. The third-order valence-electron chi connectivity index (χ3n) is 7.05. The summed E-state index contributed by atoms with van der Waals surface area (Å²) >= 11 is 0. The fraction of sp³-hybridized carbons (Fsp3) is 0.684. The second-order valence-electron chi connectivity index (χ2n) is 7.99. The number of benzene rings is 1. The summed E-state index contributed by atoms with van der Waals surface area (Å²) in [5.41, 5.74) is 0.661. The van der Waals surface area contributed by atoms with Crippen LogP contribution < -0.4 is 4.74 Å². The Hall–Kier alpha value is -1.30. The maximum absolute atomic E-state index is 11.9. The van der Waals surface area contributed by atoms with Crippen LogP contribution in [0.2, 0.25) is 0 Å². The van der Waals surface area contributed by atoms with Crippen LogP contribution in [0.3, 0.4) is 0 Å². The molecule has 1 saturated carbocycles. The Bertz CT molecular complexity index is 707. The molecule has 5 unspecified atom stereocenters. The number of hydrogen-bond acceptors (Lipinski definition) is 5. The van der Waals surface area contributed by atoms with Crippen molar-refractivity contribution >= 4 is 0 Å². The number of aliphatic hydroxyl groups excluding tert-OH is 1. The van der Waals surface area contributed by atoms with Crippen LogP contribution in [-0.4, -0.2) is 57.2 Å². The van der Waals surface area contributed by atoms with Crippen molar-refractivity contribution in [3.8, 4) is 11.5 Å². The van der Waals surface area contributed by atoms with Gasteiger partial charge in [-0.25, -0.2) is 0 Å². The molecule has 0 aromatic heterocycles. The Morgan fingerprint density at radius 2 is 2.17 bits per heavy atom. The van der Waals surface area contributed by atoms with Gasteiger partial charge in [-0.15, -0.1) is 0 Å². The third-order valence-corrected chi connectivity index (χ3v) is 7.05.